The third-order valence-corrected chi connectivity index (χ3v) is 2.10. The highest BCUT2D eigenvalue weighted by molar-refractivity contribution is 5.43. The summed E-state index contributed by atoms with van der Waals surface area (Å²) < 4.78 is 102. The first-order valence-electron chi connectivity index (χ1n) is 4.80. The fourth-order valence-corrected chi connectivity index (χ4v) is 1.45. The molecule has 0 aliphatic carbocycles. The van der Waals surface area contributed by atoms with E-state index in [4.69, 9.17) is 5.73 Å². The van der Waals surface area contributed by atoms with Crippen molar-refractivity contribution in [2.24, 2.45) is 5.73 Å². The summed E-state index contributed by atoms with van der Waals surface area (Å²) in [5.74, 6) is -1.73. The Kier molecular flexibility index (Phi) is 4.42. The Morgan fingerprint density at radius 3 is 2.05 bits per heavy atom. The smallest absolute Gasteiger partial charge is 0.403 e. The summed E-state index contributed by atoms with van der Waals surface area (Å²) >= 11 is 0. The van der Waals surface area contributed by atoms with E-state index < -0.39 is 48.1 Å². The maximum atomic E-state index is 12.7. The molecule has 20 heavy (non-hydrogen) atoms. The van der Waals surface area contributed by atoms with Gasteiger partial charge in [0.25, 0.3) is 6.43 Å². The van der Waals surface area contributed by atoms with Crippen LogP contribution in [0.1, 0.15) is 23.2 Å². The van der Waals surface area contributed by atoms with E-state index in [-0.39, 0.29) is 6.20 Å². The molecule has 0 aromatic carbocycles. The standard InChI is InChI=1S/C9H6F8N2O/c10-7(11)6-3(1-18)5(8(12,13)14)4(2-19-6)20-9(15,16)17/h2,7H,1,18H2. The van der Waals surface area contributed by atoms with Gasteiger partial charge < -0.3 is 10.5 Å². The van der Waals surface area contributed by atoms with E-state index in [1.54, 1.807) is 0 Å². The number of hydrogen-bond acceptors (Lipinski definition) is 3. The first-order valence-corrected chi connectivity index (χ1v) is 4.80. The zero-order chi connectivity index (χ0) is 15.7. The van der Waals surface area contributed by atoms with E-state index in [1.165, 1.54) is 0 Å². The van der Waals surface area contributed by atoms with Crippen LogP contribution in [-0.4, -0.2) is 11.3 Å². The lowest BCUT2D eigenvalue weighted by molar-refractivity contribution is -0.276. The van der Waals surface area contributed by atoms with Crippen LogP contribution in [-0.2, 0) is 12.7 Å². The number of halogens is 8. The Bertz CT molecular complexity index is 482. The summed E-state index contributed by atoms with van der Waals surface area (Å²) in [4.78, 5) is 2.85. The lowest BCUT2D eigenvalue weighted by Crippen LogP contribution is -2.23. The number of alkyl halides is 8. The van der Waals surface area contributed by atoms with Crippen LogP contribution in [0.15, 0.2) is 6.20 Å². The summed E-state index contributed by atoms with van der Waals surface area (Å²) in [6.45, 7) is -1.07. The van der Waals surface area contributed by atoms with Gasteiger partial charge in [0, 0.05) is 12.1 Å². The van der Waals surface area contributed by atoms with Crippen molar-refractivity contribution in [2.45, 2.75) is 25.5 Å². The minimum absolute atomic E-state index is 0.0586. The molecule has 0 radical (unpaired) electrons. The zero-order valence-corrected chi connectivity index (χ0v) is 9.32. The molecule has 1 heterocycles. The topological polar surface area (TPSA) is 48.1 Å². The second kappa shape index (κ2) is 5.38. The molecule has 0 aliphatic rings. The molecule has 0 bridgehead atoms. The fourth-order valence-electron chi connectivity index (χ4n) is 1.45. The molecular formula is C9H6F8N2O. The largest absolute Gasteiger partial charge is 0.573 e. The van der Waals surface area contributed by atoms with Gasteiger partial charge in [-0.05, 0) is 0 Å². The summed E-state index contributed by atoms with van der Waals surface area (Å²) in [6.07, 6.45) is -14.3. The molecule has 0 fully saturated rings. The lowest BCUT2D eigenvalue weighted by Gasteiger charge is -2.19. The normalized spacial score (nSPS) is 12.9. The molecule has 0 aliphatic heterocycles. The first kappa shape index (κ1) is 16.4. The summed E-state index contributed by atoms with van der Waals surface area (Å²) in [7, 11) is 0. The van der Waals surface area contributed by atoms with E-state index in [9.17, 15) is 35.1 Å². The average Bonchev–Trinajstić information content (AvgIpc) is 2.23. The van der Waals surface area contributed by atoms with E-state index >= 15 is 0 Å². The molecule has 1 aromatic heterocycles. The molecular weight excluding hydrogens is 304 g/mol. The average molecular weight is 310 g/mol. The van der Waals surface area contributed by atoms with Crippen molar-refractivity contribution in [3.8, 4) is 5.75 Å². The quantitative estimate of drug-likeness (QED) is 0.871. The molecule has 114 valence electrons. The molecule has 2 N–H and O–H groups in total. The van der Waals surface area contributed by atoms with Gasteiger partial charge in [-0.25, -0.2) is 8.78 Å². The van der Waals surface area contributed by atoms with Gasteiger partial charge in [0.1, 0.15) is 11.3 Å². The Morgan fingerprint density at radius 2 is 1.70 bits per heavy atom. The minimum Gasteiger partial charge on any atom is -0.403 e. The van der Waals surface area contributed by atoms with E-state index in [2.05, 4.69) is 9.72 Å². The van der Waals surface area contributed by atoms with E-state index in [1.807, 2.05) is 0 Å². The molecule has 0 atom stereocenters. The van der Waals surface area contributed by atoms with Gasteiger partial charge in [-0.1, -0.05) is 0 Å². The van der Waals surface area contributed by atoms with Gasteiger partial charge in [-0.3, -0.25) is 4.98 Å². The van der Waals surface area contributed by atoms with Crippen LogP contribution >= 0.6 is 0 Å². The number of pyridine rings is 1. The number of rotatable bonds is 3. The lowest BCUT2D eigenvalue weighted by atomic mass is 10.0. The maximum absolute atomic E-state index is 12.7. The highest BCUT2D eigenvalue weighted by Gasteiger charge is 2.43. The Balaban J connectivity index is 3.54. The van der Waals surface area contributed by atoms with Crippen LogP contribution in [0, 0.1) is 0 Å². The number of ether oxygens (including phenoxy) is 1. The zero-order valence-electron chi connectivity index (χ0n) is 9.32. The van der Waals surface area contributed by atoms with Gasteiger partial charge in [-0.2, -0.15) is 13.2 Å². The molecule has 0 spiro atoms. The van der Waals surface area contributed by atoms with Crippen molar-refractivity contribution in [2.75, 3.05) is 0 Å². The predicted molar refractivity (Wildman–Crippen MR) is 48.8 cm³/mol. The molecule has 0 amide bonds. The molecule has 0 saturated heterocycles. The molecule has 1 aromatic rings. The molecule has 1 rings (SSSR count). The van der Waals surface area contributed by atoms with Gasteiger partial charge >= 0.3 is 12.5 Å². The van der Waals surface area contributed by atoms with Crippen molar-refractivity contribution in [1.29, 1.82) is 0 Å². The molecule has 0 unspecified atom stereocenters. The fraction of sp³-hybridized carbons (Fsp3) is 0.444. The van der Waals surface area contributed by atoms with Crippen molar-refractivity contribution < 1.29 is 39.9 Å². The maximum Gasteiger partial charge on any atom is 0.573 e. The minimum atomic E-state index is -5.43. The van der Waals surface area contributed by atoms with Crippen LogP contribution in [0.25, 0.3) is 0 Å². The first-order chi connectivity index (χ1) is 8.97. The van der Waals surface area contributed by atoms with Gasteiger partial charge in [0.2, 0.25) is 0 Å². The monoisotopic (exact) mass is 310 g/mol. The number of hydrogen-bond donors (Lipinski definition) is 1. The number of nitrogens with two attached hydrogens (primary N) is 1. The molecule has 3 nitrogen and oxygen atoms in total. The van der Waals surface area contributed by atoms with Crippen molar-refractivity contribution in [3.63, 3.8) is 0 Å². The van der Waals surface area contributed by atoms with Crippen LogP contribution in [0.4, 0.5) is 35.1 Å². The summed E-state index contributed by atoms with van der Waals surface area (Å²) in [6, 6.07) is 0. The van der Waals surface area contributed by atoms with Gasteiger partial charge in [0.15, 0.2) is 5.75 Å². The van der Waals surface area contributed by atoms with Crippen LogP contribution < -0.4 is 10.5 Å². The summed E-state index contributed by atoms with van der Waals surface area (Å²) in [5.41, 5.74) is 0.317. The highest BCUT2D eigenvalue weighted by Crippen LogP contribution is 2.42. The third-order valence-electron chi connectivity index (χ3n) is 2.10. The predicted octanol–water partition coefficient (Wildman–Crippen LogP) is 3.40. The number of nitrogens with zero attached hydrogens (tertiary/aromatic N) is 1. The third kappa shape index (κ3) is 3.68. The van der Waals surface area contributed by atoms with Crippen molar-refractivity contribution >= 4 is 0 Å². The Hall–Kier alpha value is -1.65. The molecule has 0 saturated carbocycles. The molecule has 11 heteroatoms. The number of aromatic nitrogens is 1. The van der Waals surface area contributed by atoms with E-state index in [0.29, 0.717) is 0 Å². The Labute approximate surface area is 106 Å². The van der Waals surface area contributed by atoms with Gasteiger partial charge in [0.05, 0.1) is 6.20 Å². The second-order valence-corrected chi connectivity index (χ2v) is 3.41. The van der Waals surface area contributed by atoms with Crippen LogP contribution in [0.3, 0.4) is 0 Å². The van der Waals surface area contributed by atoms with E-state index in [0.717, 1.165) is 0 Å². The van der Waals surface area contributed by atoms with Crippen molar-refractivity contribution in [1.82, 2.24) is 4.98 Å². The highest BCUT2D eigenvalue weighted by atomic mass is 19.4. The Morgan fingerprint density at radius 1 is 1.15 bits per heavy atom. The summed E-state index contributed by atoms with van der Waals surface area (Å²) in [5, 5.41) is 0. The van der Waals surface area contributed by atoms with Crippen LogP contribution in [0.5, 0.6) is 5.75 Å². The van der Waals surface area contributed by atoms with Crippen LogP contribution in [0.2, 0.25) is 0 Å². The SMILES string of the molecule is NCc1c(C(F)F)ncc(OC(F)(F)F)c1C(F)(F)F. The van der Waals surface area contributed by atoms with Crippen molar-refractivity contribution in [3.05, 3.63) is 23.0 Å². The van der Waals surface area contributed by atoms with Gasteiger partial charge in [-0.15, -0.1) is 13.2 Å². The second-order valence-electron chi connectivity index (χ2n) is 3.41.